The van der Waals surface area contributed by atoms with Crippen molar-refractivity contribution in [2.24, 2.45) is 0 Å². The van der Waals surface area contributed by atoms with Crippen molar-refractivity contribution in [2.75, 3.05) is 13.2 Å². The quantitative estimate of drug-likeness (QED) is 0.340. The van der Waals surface area contributed by atoms with Gasteiger partial charge in [0.25, 0.3) is 5.91 Å². The van der Waals surface area contributed by atoms with E-state index in [1.807, 2.05) is 30.0 Å². The van der Waals surface area contributed by atoms with Gasteiger partial charge < -0.3 is 14.4 Å². The molecule has 31 heavy (non-hydrogen) atoms. The van der Waals surface area contributed by atoms with Crippen LogP contribution in [0, 0.1) is 0 Å². The first-order chi connectivity index (χ1) is 14.9. The molecule has 0 unspecified atom stereocenters. The summed E-state index contributed by atoms with van der Waals surface area (Å²) in [5.74, 6) is 1.30. The van der Waals surface area contributed by atoms with E-state index in [-0.39, 0.29) is 5.91 Å². The van der Waals surface area contributed by atoms with Crippen molar-refractivity contribution in [3.8, 4) is 11.5 Å². The Balaban J connectivity index is 1.93. The lowest BCUT2D eigenvalue weighted by molar-refractivity contribution is 0.0746. The molecule has 2 aromatic carbocycles. The highest BCUT2D eigenvalue weighted by atomic mass is 79.9. The maximum Gasteiger partial charge on any atom is 0.258 e. The van der Waals surface area contributed by atoms with Gasteiger partial charge in [-0.05, 0) is 54.7 Å². The highest BCUT2D eigenvalue weighted by molar-refractivity contribution is 9.10. The summed E-state index contributed by atoms with van der Waals surface area (Å²) >= 11 is 3.53. The third-order valence-corrected chi connectivity index (χ3v) is 5.95. The first-order valence-electron chi connectivity index (χ1n) is 11.1. The van der Waals surface area contributed by atoms with E-state index in [9.17, 15) is 4.79 Å². The Hall–Kier alpha value is -2.27. The number of ether oxygens (including phenoxy) is 2. The Kier molecular flexibility index (Phi) is 8.19. The fourth-order valence-electron chi connectivity index (χ4n) is 3.63. The Labute approximate surface area is 194 Å². The molecule has 0 radical (unpaired) electrons. The molecular weight excluding hydrogens is 454 g/mol. The monoisotopic (exact) mass is 485 g/mol. The van der Waals surface area contributed by atoms with E-state index in [0.717, 1.165) is 47.0 Å². The number of rotatable bonds is 10. The number of amides is 1. The molecule has 0 N–H and O–H groups in total. The number of carbonyl (C=O) groups excluding carboxylic acids is 1. The molecule has 1 aliphatic rings. The minimum atomic E-state index is -0.0265. The zero-order valence-corrected chi connectivity index (χ0v) is 20.4. The topological polar surface area (TPSA) is 38.8 Å². The number of hydrogen-bond acceptors (Lipinski definition) is 3. The summed E-state index contributed by atoms with van der Waals surface area (Å²) in [6, 6.07) is 9.96. The van der Waals surface area contributed by atoms with Crippen molar-refractivity contribution in [1.82, 2.24) is 4.90 Å². The molecule has 0 spiro atoms. The number of unbranched alkanes of at least 4 members (excludes halogenated alkanes) is 2. The summed E-state index contributed by atoms with van der Waals surface area (Å²) in [6.45, 7) is 12.7. The van der Waals surface area contributed by atoms with Crippen LogP contribution in [0.25, 0.3) is 5.57 Å². The van der Waals surface area contributed by atoms with Gasteiger partial charge in [0.1, 0.15) is 11.5 Å². The van der Waals surface area contributed by atoms with Crippen LogP contribution < -0.4 is 9.47 Å². The average molecular weight is 486 g/mol. The van der Waals surface area contributed by atoms with Gasteiger partial charge in [-0.15, -0.1) is 0 Å². The molecule has 3 rings (SSSR count). The largest absolute Gasteiger partial charge is 0.493 e. The molecule has 5 heteroatoms. The van der Waals surface area contributed by atoms with Gasteiger partial charge in [-0.3, -0.25) is 4.79 Å². The molecule has 0 fully saturated rings. The van der Waals surface area contributed by atoms with Gasteiger partial charge in [-0.1, -0.05) is 55.3 Å². The SMILES string of the molecule is C=C(C)c1cc(C(=O)N2Cc3ccc(Br)cc3C2)c(OCCCC)cc1OCCCC. The van der Waals surface area contributed by atoms with Crippen LogP contribution in [0.4, 0.5) is 0 Å². The molecule has 1 heterocycles. The van der Waals surface area contributed by atoms with Crippen molar-refractivity contribution in [3.63, 3.8) is 0 Å². The number of hydrogen-bond donors (Lipinski definition) is 0. The molecule has 2 aromatic rings. The highest BCUT2D eigenvalue weighted by Crippen LogP contribution is 2.36. The van der Waals surface area contributed by atoms with Crippen LogP contribution in [-0.4, -0.2) is 24.0 Å². The van der Waals surface area contributed by atoms with Gasteiger partial charge in [0.05, 0.1) is 18.8 Å². The molecule has 0 aliphatic carbocycles. The van der Waals surface area contributed by atoms with E-state index >= 15 is 0 Å². The Morgan fingerprint density at radius 2 is 1.58 bits per heavy atom. The van der Waals surface area contributed by atoms with Crippen molar-refractivity contribution in [1.29, 1.82) is 0 Å². The second-order valence-electron chi connectivity index (χ2n) is 8.10. The molecule has 0 saturated heterocycles. The van der Waals surface area contributed by atoms with Crippen LogP contribution >= 0.6 is 15.9 Å². The van der Waals surface area contributed by atoms with E-state index < -0.39 is 0 Å². The second-order valence-corrected chi connectivity index (χ2v) is 9.02. The van der Waals surface area contributed by atoms with Crippen LogP contribution in [-0.2, 0) is 13.1 Å². The summed E-state index contributed by atoms with van der Waals surface area (Å²) in [5, 5.41) is 0. The second kappa shape index (κ2) is 10.9. The van der Waals surface area contributed by atoms with Crippen molar-refractivity contribution in [2.45, 2.75) is 59.5 Å². The van der Waals surface area contributed by atoms with Crippen molar-refractivity contribution < 1.29 is 14.3 Å². The van der Waals surface area contributed by atoms with Crippen LogP contribution in [0.2, 0.25) is 0 Å². The van der Waals surface area contributed by atoms with Crippen molar-refractivity contribution >= 4 is 27.4 Å². The molecule has 1 aliphatic heterocycles. The summed E-state index contributed by atoms with van der Waals surface area (Å²) < 4.78 is 13.1. The number of halogens is 1. The molecular formula is C26H32BrNO3. The van der Waals surface area contributed by atoms with E-state index in [1.54, 1.807) is 0 Å². The molecule has 0 saturated carbocycles. The zero-order valence-electron chi connectivity index (χ0n) is 18.8. The van der Waals surface area contributed by atoms with Gasteiger partial charge in [-0.25, -0.2) is 0 Å². The lowest BCUT2D eigenvalue weighted by atomic mass is 10.0. The van der Waals surface area contributed by atoms with Crippen LogP contribution in [0.1, 0.15) is 73.5 Å². The summed E-state index contributed by atoms with van der Waals surface area (Å²) in [7, 11) is 0. The maximum atomic E-state index is 13.6. The highest BCUT2D eigenvalue weighted by Gasteiger charge is 2.28. The standard InChI is InChI=1S/C26H32BrNO3/c1-5-7-11-30-24-15-25(31-12-8-6-2)23(14-22(24)18(3)4)26(29)28-16-19-9-10-21(27)13-20(19)17-28/h9-10,13-15H,3,5-8,11-12,16-17H2,1-2,4H3. The Morgan fingerprint density at radius 1 is 0.968 bits per heavy atom. The molecule has 1 amide bonds. The predicted molar refractivity (Wildman–Crippen MR) is 130 cm³/mol. The fourth-order valence-corrected chi connectivity index (χ4v) is 4.04. The number of carbonyl (C=O) groups is 1. The van der Waals surface area contributed by atoms with Gasteiger partial charge in [-0.2, -0.15) is 0 Å². The van der Waals surface area contributed by atoms with Crippen LogP contribution in [0.5, 0.6) is 11.5 Å². The van der Waals surface area contributed by atoms with E-state index in [0.29, 0.717) is 37.6 Å². The van der Waals surface area contributed by atoms with E-state index in [1.165, 1.54) is 11.1 Å². The summed E-state index contributed by atoms with van der Waals surface area (Å²) in [4.78, 5) is 15.4. The Bertz CT molecular complexity index is 954. The maximum absolute atomic E-state index is 13.6. The molecule has 0 aromatic heterocycles. The molecule has 0 bridgehead atoms. The summed E-state index contributed by atoms with van der Waals surface area (Å²) in [6.07, 6.45) is 4.00. The molecule has 166 valence electrons. The third-order valence-electron chi connectivity index (χ3n) is 5.46. The van der Waals surface area contributed by atoms with Gasteiger partial charge in [0, 0.05) is 29.2 Å². The average Bonchev–Trinajstić information content (AvgIpc) is 3.16. The fraction of sp³-hybridized carbons (Fsp3) is 0.423. The zero-order chi connectivity index (χ0) is 22.4. The number of allylic oxidation sites excluding steroid dienone is 1. The third kappa shape index (κ3) is 5.70. The Morgan fingerprint density at radius 3 is 2.19 bits per heavy atom. The number of fused-ring (bicyclic) bond motifs is 1. The molecule has 0 atom stereocenters. The van der Waals surface area contributed by atoms with Crippen LogP contribution in [0.3, 0.4) is 0 Å². The lowest BCUT2D eigenvalue weighted by Gasteiger charge is -2.21. The van der Waals surface area contributed by atoms with Gasteiger partial charge >= 0.3 is 0 Å². The first-order valence-corrected chi connectivity index (χ1v) is 11.9. The smallest absolute Gasteiger partial charge is 0.258 e. The minimum absolute atomic E-state index is 0.0265. The first kappa shape index (κ1) is 23.4. The predicted octanol–water partition coefficient (Wildman–Crippen LogP) is 7.00. The minimum Gasteiger partial charge on any atom is -0.493 e. The molecule has 4 nitrogen and oxygen atoms in total. The lowest BCUT2D eigenvalue weighted by Crippen LogP contribution is -2.26. The van der Waals surface area contributed by atoms with E-state index in [2.05, 4.69) is 48.5 Å². The van der Waals surface area contributed by atoms with Gasteiger partial charge in [0.2, 0.25) is 0 Å². The van der Waals surface area contributed by atoms with E-state index in [4.69, 9.17) is 9.47 Å². The summed E-state index contributed by atoms with van der Waals surface area (Å²) in [5.41, 5.74) is 4.67. The number of nitrogens with zero attached hydrogens (tertiary/aromatic N) is 1. The van der Waals surface area contributed by atoms with Gasteiger partial charge in [0.15, 0.2) is 0 Å². The van der Waals surface area contributed by atoms with Crippen LogP contribution in [0.15, 0.2) is 41.4 Å². The normalized spacial score (nSPS) is 12.6. The van der Waals surface area contributed by atoms with Crippen molar-refractivity contribution in [3.05, 3.63) is 63.6 Å². The number of benzene rings is 2.